The van der Waals surface area contributed by atoms with Crippen LogP contribution in [0.3, 0.4) is 0 Å². The van der Waals surface area contributed by atoms with Crippen LogP contribution in [0.4, 0.5) is 0 Å². The first-order chi connectivity index (χ1) is 9.81. The van der Waals surface area contributed by atoms with E-state index in [1.807, 2.05) is 60.2 Å². The Hall–Kier alpha value is -2.42. The van der Waals surface area contributed by atoms with Crippen molar-refractivity contribution in [2.45, 2.75) is 19.8 Å². The number of para-hydroxylation sites is 1. The Bertz CT molecular complexity index is 744. The zero-order valence-electron chi connectivity index (χ0n) is 11.4. The van der Waals surface area contributed by atoms with Gasteiger partial charge in [-0.05, 0) is 24.6 Å². The summed E-state index contributed by atoms with van der Waals surface area (Å²) in [7, 11) is 0. The van der Waals surface area contributed by atoms with E-state index < -0.39 is 0 Å². The number of carbonyl (C=O) groups excluding carboxylic acids is 1. The van der Waals surface area contributed by atoms with Crippen LogP contribution in [0.5, 0.6) is 0 Å². The second kappa shape index (κ2) is 5.29. The van der Waals surface area contributed by atoms with E-state index in [1.54, 1.807) is 6.20 Å². The third-order valence-electron chi connectivity index (χ3n) is 3.39. The van der Waals surface area contributed by atoms with Gasteiger partial charge in [0.1, 0.15) is 5.82 Å². The second-order valence-electron chi connectivity index (χ2n) is 4.79. The first-order valence-electron chi connectivity index (χ1n) is 6.86. The molecule has 2 aromatic heterocycles. The van der Waals surface area contributed by atoms with Crippen LogP contribution in [0.15, 0.2) is 54.9 Å². The zero-order chi connectivity index (χ0) is 13.9. The maximum absolute atomic E-state index is 12.3. The third kappa shape index (κ3) is 2.11. The van der Waals surface area contributed by atoms with Crippen molar-refractivity contribution in [2.24, 2.45) is 0 Å². The molecule has 1 aromatic carbocycles. The lowest BCUT2D eigenvalue weighted by Crippen LogP contribution is -1.97. The quantitative estimate of drug-likeness (QED) is 0.667. The van der Waals surface area contributed by atoms with Crippen molar-refractivity contribution in [3.05, 3.63) is 60.4 Å². The number of Topliss-reactive ketones (excluding diaryl/α,β-unsaturated/α-hetero) is 1. The Morgan fingerprint density at radius 2 is 1.95 bits per heavy atom. The maximum atomic E-state index is 12.3. The summed E-state index contributed by atoms with van der Waals surface area (Å²) in [5, 5.41) is 0.997. The van der Waals surface area contributed by atoms with E-state index in [9.17, 15) is 4.79 Å². The number of aromatic nitrogens is 2. The molecule has 3 heteroatoms. The molecule has 0 aliphatic rings. The van der Waals surface area contributed by atoms with Crippen molar-refractivity contribution in [1.29, 1.82) is 0 Å². The first-order valence-corrected chi connectivity index (χ1v) is 6.86. The number of fused-ring (bicyclic) bond motifs is 1. The molecule has 0 saturated heterocycles. The van der Waals surface area contributed by atoms with Gasteiger partial charge in [0, 0.05) is 29.8 Å². The molecule has 0 fully saturated rings. The number of hydrogen-bond donors (Lipinski definition) is 0. The number of carbonyl (C=O) groups is 1. The van der Waals surface area contributed by atoms with Gasteiger partial charge in [0.2, 0.25) is 0 Å². The van der Waals surface area contributed by atoms with Gasteiger partial charge in [-0.1, -0.05) is 31.2 Å². The van der Waals surface area contributed by atoms with E-state index in [2.05, 4.69) is 4.98 Å². The lowest BCUT2D eigenvalue weighted by Gasteiger charge is -2.02. The highest BCUT2D eigenvalue weighted by Gasteiger charge is 2.15. The maximum Gasteiger partial charge on any atom is 0.165 e. The fourth-order valence-electron chi connectivity index (χ4n) is 2.45. The summed E-state index contributed by atoms with van der Waals surface area (Å²) >= 11 is 0. The Labute approximate surface area is 117 Å². The van der Waals surface area contributed by atoms with Crippen molar-refractivity contribution in [1.82, 2.24) is 9.55 Å². The predicted molar refractivity (Wildman–Crippen MR) is 80.3 cm³/mol. The summed E-state index contributed by atoms with van der Waals surface area (Å²) in [5.74, 6) is 1.03. The summed E-state index contributed by atoms with van der Waals surface area (Å²) < 4.78 is 1.98. The van der Waals surface area contributed by atoms with Gasteiger partial charge in [-0.25, -0.2) is 4.98 Å². The van der Waals surface area contributed by atoms with Crippen molar-refractivity contribution in [3.8, 4) is 5.82 Å². The molecule has 0 amide bonds. The zero-order valence-corrected chi connectivity index (χ0v) is 11.4. The van der Waals surface area contributed by atoms with Gasteiger partial charge in [-0.3, -0.25) is 4.79 Å². The minimum atomic E-state index is 0.193. The van der Waals surface area contributed by atoms with Crippen LogP contribution in [0.25, 0.3) is 16.7 Å². The van der Waals surface area contributed by atoms with Crippen LogP contribution >= 0.6 is 0 Å². The Kier molecular flexibility index (Phi) is 3.33. The fraction of sp³-hybridized carbons (Fsp3) is 0.176. The van der Waals surface area contributed by atoms with Gasteiger partial charge in [0.15, 0.2) is 5.78 Å². The van der Waals surface area contributed by atoms with Gasteiger partial charge in [-0.15, -0.1) is 0 Å². The molecule has 0 N–H and O–H groups in total. The van der Waals surface area contributed by atoms with Crippen LogP contribution in [0.1, 0.15) is 30.1 Å². The van der Waals surface area contributed by atoms with E-state index in [4.69, 9.17) is 0 Å². The minimum Gasteiger partial charge on any atom is -0.300 e. The number of benzene rings is 1. The Balaban J connectivity index is 2.22. The van der Waals surface area contributed by atoms with Gasteiger partial charge in [0.05, 0.1) is 5.52 Å². The van der Waals surface area contributed by atoms with E-state index in [0.717, 1.165) is 28.7 Å². The molecule has 3 rings (SSSR count). The first kappa shape index (κ1) is 12.6. The minimum absolute atomic E-state index is 0.193. The van der Waals surface area contributed by atoms with Crippen LogP contribution in [0.2, 0.25) is 0 Å². The van der Waals surface area contributed by atoms with Crippen LogP contribution in [-0.2, 0) is 0 Å². The molecule has 0 unspecified atom stereocenters. The highest BCUT2D eigenvalue weighted by Crippen LogP contribution is 2.25. The van der Waals surface area contributed by atoms with Gasteiger partial charge in [-0.2, -0.15) is 0 Å². The molecule has 0 aliphatic heterocycles. The Morgan fingerprint density at radius 1 is 1.15 bits per heavy atom. The van der Waals surface area contributed by atoms with Gasteiger partial charge < -0.3 is 4.57 Å². The lowest BCUT2D eigenvalue weighted by molar-refractivity contribution is 0.0983. The van der Waals surface area contributed by atoms with E-state index in [1.165, 1.54) is 0 Å². The normalized spacial score (nSPS) is 10.8. The Morgan fingerprint density at radius 3 is 2.70 bits per heavy atom. The van der Waals surface area contributed by atoms with Crippen LogP contribution < -0.4 is 0 Å². The van der Waals surface area contributed by atoms with E-state index in [-0.39, 0.29) is 5.78 Å². The average Bonchev–Trinajstić information content (AvgIpc) is 2.88. The largest absolute Gasteiger partial charge is 0.300 e. The molecule has 0 radical (unpaired) electrons. The van der Waals surface area contributed by atoms with Gasteiger partial charge >= 0.3 is 0 Å². The molecular weight excluding hydrogens is 248 g/mol. The predicted octanol–water partition coefficient (Wildman–Crippen LogP) is 4.01. The number of rotatable bonds is 4. The fourth-order valence-corrected chi connectivity index (χ4v) is 2.45. The van der Waals surface area contributed by atoms with Crippen molar-refractivity contribution < 1.29 is 4.79 Å². The van der Waals surface area contributed by atoms with Crippen LogP contribution in [-0.4, -0.2) is 15.3 Å². The third-order valence-corrected chi connectivity index (χ3v) is 3.39. The summed E-state index contributed by atoms with van der Waals surface area (Å²) in [6.45, 7) is 2.02. The highest BCUT2D eigenvalue weighted by molar-refractivity contribution is 6.08. The lowest BCUT2D eigenvalue weighted by atomic mass is 10.1. The van der Waals surface area contributed by atoms with Crippen LogP contribution in [0, 0.1) is 0 Å². The smallest absolute Gasteiger partial charge is 0.165 e. The van der Waals surface area contributed by atoms with Gasteiger partial charge in [0.25, 0.3) is 0 Å². The van der Waals surface area contributed by atoms with E-state index in [0.29, 0.717) is 6.42 Å². The average molecular weight is 264 g/mol. The summed E-state index contributed by atoms with van der Waals surface area (Å²) in [6.07, 6.45) is 5.11. The molecule has 100 valence electrons. The topological polar surface area (TPSA) is 34.9 Å². The summed E-state index contributed by atoms with van der Waals surface area (Å²) in [6, 6.07) is 13.7. The number of pyridine rings is 1. The SMILES string of the molecule is CCCC(=O)c1cn(-c2ccccn2)c2ccccc12. The van der Waals surface area contributed by atoms with Crippen molar-refractivity contribution in [3.63, 3.8) is 0 Å². The molecular formula is C17H16N2O. The molecule has 0 bridgehead atoms. The standard InChI is InChI=1S/C17H16N2O/c1-2-7-16(20)14-12-19(17-10-5-6-11-18-17)15-9-4-3-8-13(14)15/h3-6,8-12H,2,7H2,1H3. The molecule has 3 aromatic rings. The monoisotopic (exact) mass is 264 g/mol. The van der Waals surface area contributed by atoms with E-state index >= 15 is 0 Å². The highest BCUT2D eigenvalue weighted by atomic mass is 16.1. The van der Waals surface area contributed by atoms with Crippen molar-refractivity contribution in [2.75, 3.05) is 0 Å². The molecule has 0 aliphatic carbocycles. The molecule has 0 atom stereocenters. The molecule has 20 heavy (non-hydrogen) atoms. The number of hydrogen-bond acceptors (Lipinski definition) is 2. The van der Waals surface area contributed by atoms with Crippen molar-refractivity contribution >= 4 is 16.7 Å². The summed E-state index contributed by atoms with van der Waals surface area (Å²) in [5.41, 5.74) is 1.80. The molecule has 3 nitrogen and oxygen atoms in total. The number of nitrogens with zero attached hydrogens (tertiary/aromatic N) is 2. The number of ketones is 1. The molecule has 0 saturated carbocycles. The summed E-state index contributed by atoms with van der Waals surface area (Å²) in [4.78, 5) is 16.6. The molecule has 0 spiro atoms. The molecule has 2 heterocycles. The second-order valence-corrected chi connectivity index (χ2v) is 4.79.